The number of aliphatic hydroxyl groups excluding tert-OH is 1. The van der Waals surface area contributed by atoms with Gasteiger partial charge in [-0.2, -0.15) is 0 Å². The van der Waals surface area contributed by atoms with E-state index in [2.05, 4.69) is 4.90 Å². The number of rotatable bonds is 13. The number of phenolic OH excluding ortho intramolecular Hbond substituents is 1. The van der Waals surface area contributed by atoms with Crippen LogP contribution in [0, 0.1) is 0 Å². The predicted octanol–water partition coefficient (Wildman–Crippen LogP) is 4.33. The first-order chi connectivity index (χ1) is 19.0. The molecular formula is C31H39NO7. The van der Waals surface area contributed by atoms with Gasteiger partial charge in [-0.25, -0.2) is 0 Å². The van der Waals surface area contributed by atoms with Crippen molar-refractivity contribution in [2.24, 2.45) is 0 Å². The van der Waals surface area contributed by atoms with Gasteiger partial charge >= 0.3 is 0 Å². The molecule has 4 atom stereocenters. The van der Waals surface area contributed by atoms with Gasteiger partial charge in [0.25, 0.3) is 0 Å². The molecule has 4 rings (SSSR count). The molecule has 0 amide bonds. The second-order valence-electron chi connectivity index (χ2n) is 9.76. The normalized spacial score (nSPS) is 19.4. The molecule has 0 spiro atoms. The third kappa shape index (κ3) is 7.94. The van der Waals surface area contributed by atoms with Crippen molar-refractivity contribution in [3.8, 4) is 17.2 Å². The number of methoxy groups -OCH3 is 2. The van der Waals surface area contributed by atoms with Gasteiger partial charge in [0.1, 0.15) is 17.2 Å². The summed E-state index contributed by atoms with van der Waals surface area (Å²) < 4.78 is 29.4. The van der Waals surface area contributed by atoms with Crippen LogP contribution in [0.1, 0.15) is 29.7 Å². The highest BCUT2D eigenvalue weighted by molar-refractivity contribution is 5.33. The van der Waals surface area contributed by atoms with Crippen molar-refractivity contribution < 1.29 is 33.9 Å². The number of ether oxygens (including phenoxy) is 5. The second-order valence-corrected chi connectivity index (χ2v) is 9.76. The number of aliphatic hydroxyl groups is 1. The van der Waals surface area contributed by atoms with Crippen molar-refractivity contribution >= 4 is 0 Å². The zero-order valence-corrected chi connectivity index (χ0v) is 22.9. The Balaban J connectivity index is 1.40. The van der Waals surface area contributed by atoms with Crippen molar-refractivity contribution in [2.75, 3.05) is 40.5 Å². The SMILES string of the molecule is COc1ccccc1COC[C@@H]1CN([C@H](C)[C@H](O)c2ccc(O)cc2)C[C@H](COCc2ccccc2OC)O1. The van der Waals surface area contributed by atoms with E-state index >= 15 is 0 Å². The summed E-state index contributed by atoms with van der Waals surface area (Å²) in [6.07, 6.45) is -1.14. The summed E-state index contributed by atoms with van der Waals surface area (Å²) in [5.74, 6) is 1.75. The Bertz CT molecular complexity index is 1090. The summed E-state index contributed by atoms with van der Waals surface area (Å²) in [6.45, 7) is 4.80. The van der Waals surface area contributed by atoms with Gasteiger partial charge in [-0.05, 0) is 36.8 Å². The average molecular weight is 538 g/mol. The van der Waals surface area contributed by atoms with Gasteiger partial charge in [-0.15, -0.1) is 0 Å². The molecule has 0 aromatic heterocycles. The highest BCUT2D eigenvalue weighted by Crippen LogP contribution is 2.27. The summed E-state index contributed by atoms with van der Waals surface area (Å²) >= 11 is 0. The Kier molecular flexibility index (Phi) is 10.6. The van der Waals surface area contributed by atoms with Gasteiger partial charge in [0.2, 0.25) is 0 Å². The first-order valence-corrected chi connectivity index (χ1v) is 13.2. The Labute approximate surface area is 230 Å². The zero-order valence-electron chi connectivity index (χ0n) is 22.9. The molecule has 3 aromatic carbocycles. The molecule has 8 heteroatoms. The molecule has 1 fully saturated rings. The van der Waals surface area contributed by atoms with E-state index in [4.69, 9.17) is 23.7 Å². The van der Waals surface area contributed by atoms with Crippen LogP contribution in [0.5, 0.6) is 17.2 Å². The van der Waals surface area contributed by atoms with E-state index in [-0.39, 0.29) is 24.0 Å². The van der Waals surface area contributed by atoms with Crippen molar-refractivity contribution in [3.63, 3.8) is 0 Å². The number of aromatic hydroxyl groups is 1. The number of nitrogens with zero attached hydrogens (tertiary/aromatic N) is 1. The molecule has 8 nitrogen and oxygen atoms in total. The van der Waals surface area contributed by atoms with Crippen LogP contribution >= 0.6 is 0 Å². The quantitative estimate of drug-likeness (QED) is 0.333. The smallest absolute Gasteiger partial charge is 0.124 e. The lowest BCUT2D eigenvalue weighted by molar-refractivity contribution is -0.150. The number of phenols is 1. The molecule has 210 valence electrons. The summed E-state index contributed by atoms with van der Waals surface area (Å²) in [6, 6.07) is 22.1. The average Bonchev–Trinajstić information content (AvgIpc) is 2.97. The monoisotopic (exact) mass is 537 g/mol. The largest absolute Gasteiger partial charge is 0.508 e. The first-order valence-electron chi connectivity index (χ1n) is 13.2. The predicted molar refractivity (Wildman–Crippen MR) is 148 cm³/mol. The lowest BCUT2D eigenvalue weighted by Gasteiger charge is -2.42. The molecule has 0 bridgehead atoms. The Morgan fingerprint density at radius 1 is 0.795 bits per heavy atom. The molecule has 1 aliphatic heterocycles. The molecule has 2 N–H and O–H groups in total. The van der Waals surface area contributed by atoms with Crippen LogP contribution in [-0.2, 0) is 27.4 Å². The Morgan fingerprint density at radius 2 is 1.28 bits per heavy atom. The van der Waals surface area contributed by atoms with E-state index in [1.165, 1.54) is 0 Å². The van der Waals surface area contributed by atoms with Crippen LogP contribution in [-0.4, -0.2) is 73.9 Å². The van der Waals surface area contributed by atoms with E-state index in [9.17, 15) is 10.2 Å². The maximum absolute atomic E-state index is 11.1. The summed E-state index contributed by atoms with van der Waals surface area (Å²) in [4.78, 5) is 2.22. The minimum Gasteiger partial charge on any atom is -0.508 e. The zero-order chi connectivity index (χ0) is 27.6. The van der Waals surface area contributed by atoms with E-state index in [0.29, 0.717) is 39.5 Å². The van der Waals surface area contributed by atoms with Crippen LogP contribution in [0.25, 0.3) is 0 Å². The van der Waals surface area contributed by atoms with Crippen LogP contribution < -0.4 is 9.47 Å². The number of benzene rings is 3. The van der Waals surface area contributed by atoms with E-state index < -0.39 is 6.10 Å². The molecule has 0 aliphatic carbocycles. The molecule has 1 saturated heterocycles. The highest BCUT2D eigenvalue weighted by atomic mass is 16.6. The van der Waals surface area contributed by atoms with Crippen molar-refractivity contribution in [3.05, 3.63) is 89.5 Å². The van der Waals surface area contributed by atoms with E-state index in [1.807, 2.05) is 55.5 Å². The Hall–Kier alpha value is -3.14. The van der Waals surface area contributed by atoms with Gasteiger partial charge < -0.3 is 33.9 Å². The van der Waals surface area contributed by atoms with Gasteiger partial charge in [0.15, 0.2) is 0 Å². The fraction of sp³-hybridized carbons (Fsp3) is 0.419. The minimum absolute atomic E-state index is 0.171. The van der Waals surface area contributed by atoms with Crippen LogP contribution in [0.15, 0.2) is 72.8 Å². The minimum atomic E-state index is -0.728. The third-order valence-electron chi connectivity index (χ3n) is 7.04. The molecule has 0 saturated carbocycles. The lowest BCUT2D eigenvalue weighted by Crippen LogP contribution is -2.54. The summed E-state index contributed by atoms with van der Waals surface area (Å²) in [5.41, 5.74) is 2.70. The maximum Gasteiger partial charge on any atom is 0.124 e. The molecule has 0 unspecified atom stereocenters. The number of para-hydroxylation sites is 2. The second kappa shape index (κ2) is 14.3. The molecular weight excluding hydrogens is 498 g/mol. The fourth-order valence-electron chi connectivity index (χ4n) is 4.87. The summed E-state index contributed by atoms with van der Waals surface area (Å²) in [5, 5.41) is 20.8. The molecule has 3 aromatic rings. The standard InChI is InChI=1S/C31H39NO7/c1-22(31(34)23-12-14-26(33)15-13-23)32-16-27(20-37-18-24-8-4-6-10-29(24)35-2)39-28(17-32)21-38-19-25-9-5-7-11-30(25)36-3/h4-15,22,27-28,31,33-34H,16-21H2,1-3H3/t22-,27-,28+,31+/m1/s1. The molecule has 0 radical (unpaired) electrons. The van der Waals surface area contributed by atoms with Crippen molar-refractivity contribution in [1.82, 2.24) is 4.90 Å². The maximum atomic E-state index is 11.1. The van der Waals surface area contributed by atoms with Gasteiger partial charge in [-0.3, -0.25) is 4.90 Å². The molecule has 1 heterocycles. The molecule has 1 aliphatic rings. The third-order valence-corrected chi connectivity index (χ3v) is 7.04. The van der Waals surface area contributed by atoms with Gasteiger partial charge in [0, 0.05) is 30.3 Å². The van der Waals surface area contributed by atoms with Gasteiger partial charge in [-0.1, -0.05) is 48.5 Å². The number of morpholine rings is 1. The van der Waals surface area contributed by atoms with Crippen LogP contribution in [0.3, 0.4) is 0 Å². The van der Waals surface area contributed by atoms with E-state index in [0.717, 1.165) is 28.2 Å². The van der Waals surface area contributed by atoms with Gasteiger partial charge in [0.05, 0.1) is 59.0 Å². The van der Waals surface area contributed by atoms with E-state index in [1.54, 1.807) is 38.5 Å². The van der Waals surface area contributed by atoms with Crippen molar-refractivity contribution in [1.29, 1.82) is 0 Å². The number of hydrogen-bond acceptors (Lipinski definition) is 8. The fourth-order valence-corrected chi connectivity index (χ4v) is 4.87. The summed E-state index contributed by atoms with van der Waals surface area (Å²) in [7, 11) is 3.30. The Morgan fingerprint density at radius 3 is 1.77 bits per heavy atom. The lowest BCUT2D eigenvalue weighted by atomic mass is 10.0. The number of hydrogen-bond donors (Lipinski definition) is 2. The highest BCUT2D eigenvalue weighted by Gasteiger charge is 2.33. The van der Waals surface area contributed by atoms with Crippen LogP contribution in [0.2, 0.25) is 0 Å². The first kappa shape index (κ1) is 28.9. The van der Waals surface area contributed by atoms with Crippen molar-refractivity contribution in [2.45, 2.75) is 44.5 Å². The van der Waals surface area contributed by atoms with Crippen LogP contribution in [0.4, 0.5) is 0 Å². The molecule has 39 heavy (non-hydrogen) atoms. The topological polar surface area (TPSA) is 89.9 Å².